The van der Waals surface area contributed by atoms with Gasteiger partial charge in [-0.15, -0.1) is 0 Å². The first-order valence-corrected chi connectivity index (χ1v) is 7.54. The number of fused-ring (bicyclic) bond motifs is 1. The van der Waals surface area contributed by atoms with Gasteiger partial charge >= 0.3 is 0 Å². The molecule has 3 rings (SSSR count). The Morgan fingerprint density at radius 3 is 2.26 bits per heavy atom. The predicted molar refractivity (Wildman–Crippen MR) is 94.8 cm³/mol. The highest BCUT2D eigenvalue weighted by Gasteiger charge is 2.05. The highest BCUT2D eigenvalue weighted by atomic mass is 16.2. The topological polar surface area (TPSA) is 41.5 Å². The van der Waals surface area contributed by atoms with Gasteiger partial charge in [0.1, 0.15) is 0 Å². The SMILES string of the molecule is CC(=NNC(=O)c1ccc(C)cc1)c1ccc2ccccc2c1. The second-order valence-corrected chi connectivity index (χ2v) is 5.57. The summed E-state index contributed by atoms with van der Waals surface area (Å²) in [5, 5.41) is 6.56. The Hall–Kier alpha value is -2.94. The zero-order chi connectivity index (χ0) is 16.2. The molecule has 3 aromatic carbocycles. The molecule has 0 fully saturated rings. The van der Waals surface area contributed by atoms with Crippen molar-refractivity contribution >= 4 is 22.4 Å². The average Bonchev–Trinajstić information content (AvgIpc) is 2.59. The molecular formula is C20H18N2O. The van der Waals surface area contributed by atoms with Crippen LogP contribution in [0, 0.1) is 6.92 Å². The Morgan fingerprint density at radius 1 is 0.870 bits per heavy atom. The molecule has 0 radical (unpaired) electrons. The van der Waals surface area contributed by atoms with E-state index >= 15 is 0 Å². The third-order valence-electron chi connectivity index (χ3n) is 3.81. The number of rotatable bonds is 3. The molecule has 3 aromatic rings. The highest BCUT2D eigenvalue weighted by molar-refractivity contribution is 6.03. The molecule has 0 aliphatic carbocycles. The summed E-state index contributed by atoms with van der Waals surface area (Å²) in [6.07, 6.45) is 0. The van der Waals surface area contributed by atoms with E-state index in [0.29, 0.717) is 5.56 Å². The number of benzene rings is 3. The van der Waals surface area contributed by atoms with E-state index in [9.17, 15) is 4.79 Å². The number of hydrogen-bond acceptors (Lipinski definition) is 2. The van der Waals surface area contributed by atoms with E-state index in [2.05, 4.69) is 34.8 Å². The Labute approximate surface area is 135 Å². The van der Waals surface area contributed by atoms with Crippen LogP contribution in [0.1, 0.15) is 28.4 Å². The maximum atomic E-state index is 12.1. The lowest BCUT2D eigenvalue weighted by atomic mass is 10.0. The van der Waals surface area contributed by atoms with Gasteiger partial charge in [0, 0.05) is 5.56 Å². The molecule has 0 saturated carbocycles. The van der Waals surface area contributed by atoms with E-state index in [1.165, 1.54) is 5.39 Å². The van der Waals surface area contributed by atoms with Crippen molar-refractivity contribution in [1.29, 1.82) is 0 Å². The molecule has 1 N–H and O–H groups in total. The lowest BCUT2D eigenvalue weighted by molar-refractivity contribution is 0.0955. The van der Waals surface area contributed by atoms with E-state index in [1.54, 1.807) is 12.1 Å². The van der Waals surface area contributed by atoms with Crippen molar-refractivity contribution in [2.45, 2.75) is 13.8 Å². The van der Waals surface area contributed by atoms with E-state index in [4.69, 9.17) is 0 Å². The summed E-state index contributed by atoms with van der Waals surface area (Å²) in [6.45, 7) is 3.88. The van der Waals surface area contributed by atoms with Crippen LogP contribution in [0.15, 0.2) is 71.8 Å². The van der Waals surface area contributed by atoms with Gasteiger partial charge in [0.15, 0.2) is 0 Å². The second kappa shape index (κ2) is 6.44. The maximum Gasteiger partial charge on any atom is 0.271 e. The van der Waals surface area contributed by atoms with Gasteiger partial charge in [-0.2, -0.15) is 5.10 Å². The fraction of sp³-hybridized carbons (Fsp3) is 0.100. The van der Waals surface area contributed by atoms with Crippen molar-refractivity contribution in [3.05, 3.63) is 83.4 Å². The first kappa shape index (κ1) is 15.0. The van der Waals surface area contributed by atoms with Crippen LogP contribution in [0.3, 0.4) is 0 Å². The van der Waals surface area contributed by atoms with Crippen LogP contribution < -0.4 is 5.43 Å². The van der Waals surface area contributed by atoms with Gasteiger partial charge in [0.2, 0.25) is 0 Å². The summed E-state index contributed by atoms with van der Waals surface area (Å²) in [5.74, 6) is -0.204. The summed E-state index contributed by atoms with van der Waals surface area (Å²) in [6, 6.07) is 21.7. The number of aryl methyl sites for hydroxylation is 1. The molecule has 0 spiro atoms. The van der Waals surface area contributed by atoms with Crippen LogP contribution in [0.5, 0.6) is 0 Å². The minimum atomic E-state index is -0.204. The molecule has 3 nitrogen and oxygen atoms in total. The zero-order valence-electron chi connectivity index (χ0n) is 13.2. The molecule has 0 bridgehead atoms. The normalized spacial score (nSPS) is 11.5. The summed E-state index contributed by atoms with van der Waals surface area (Å²) in [7, 11) is 0. The Balaban J connectivity index is 1.78. The standard InChI is InChI=1S/C20H18N2O/c1-14-7-9-17(10-8-14)20(23)22-21-15(2)18-12-11-16-5-3-4-6-19(16)13-18/h3-13H,1-2H3,(H,22,23). The van der Waals surface area contributed by atoms with Gasteiger partial charge in [0.05, 0.1) is 5.71 Å². The van der Waals surface area contributed by atoms with Crippen molar-refractivity contribution in [2.24, 2.45) is 5.10 Å². The molecule has 114 valence electrons. The van der Waals surface area contributed by atoms with Crippen LogP contribution in [0.25, 0.3) is 10.8 Å². The molecule has 0 atom stereocenters. The van der Waals surface area contributed by atoms with Crippen molar-refractivity contribution in [1.82, 2.24) is 5.43 Å². The minimum absolute atomic E-state index is 0.204. The molecule has 0 unspecified atom stereocenters. The molecule has 0 aromatic heterocycles. The van der Waals surface area contributed by atoms with Gasteiger partial charge < -0.3 is 0 Å². The highest BCUT2D eigenvalue weighted by Crippen LogP contribution is 2.16. The molecule has 0 aliphatic heterocycles. The molecule has 0 saturated heterocycles. The number of hydrazone groups is 1. The fourth-order valence-corrected chi connectivity index (χ4v) is 2.38. The van der Waals surface area contributed by atoms with Gasteiger partial charge in [-0.05, 0) is 48.4 Å². The summed E-state index contributed by atoms with van der Waals surface area (Å²) < 4.78 is 0. The number of carbonyl (C=O) groups is 1. The first-order valence-electron chi connectivity index (χ1n) is 7.54. The molecule has 1 amide bonds. The van der Waals surface area contributed by atoms with Crippen LogP contribution >= 0.6 is 0 Å². The first-order chi connectivity index (χ1) is 11.1. The third-order valence-corrected chi connectivity index (χ3v) is 3.81. The number of amides is 1. The van der Waals surface area contributed by atoms with Gasteiger partial charge in [-0.1, -0.05) is 54.1 Å². The quantitative estimate of drug-likeness (QED) is 0.568. The van der Waals surface area contributed by atoms with Crippen LogP contribution in [0.4, 0.5) is 0 Å². The lowest BCUT2D eigenvalue weighted by Gasteiger charge is -2.05. The minimum Gasteiger partial charge on any atom is -0.267 e. The fourth-order valence-electron chi connectivity index (χ4n) is 2.38. The largest absolute Gasteiger partial charge is 0.271 e. The zero-order valence-corrected chi connectivity index (χ0v) is 13.2. The lowest BCUT2D eigenvalue weighted by Crippen LogP contribution is -2.19. The van der Waals surface area contributed by atoms with E-state index in [0.717, 1.165) is 22.2 Å². The van der Waals surface area contributed by atoms with Gasteiger partial charge in [0.25, 0.3) is 5.91 Å². The van der Waals surface area contributed by atoms with Gasteiger partial charge in [-0.3, -0.25) is 4.79 Å². The number of carbonyl (C=O) groups excluding carboxylic acids is 1. The monoisotopic (exact) mass is 302 g/mol. The van der Waals surface area contributed by atoms with E-state index < -0.39 is 0 Å². The summed E-state index contributed by atoms with van der Waals surface area (Å²) >= 11 is 0. The Morgan fingerprint density at radius 2 is 1.52 bits per heavy atom. The van der Waals surface area contributed by atoms with Gasteiger partial charge in [-0.25, -0.2) is 5.43 Å². The molecule has 23 heavy (non-hydrogen) atoms. The Bertz CT molecular complexity index is 880. The third kappa shape index (κ3) is 3.46. The molecule has 0 heterocycles. The van der Waals surface area contributed by atoms with Crippen molar-refractivity contribution < 1.29 is 4.79 Å². The number of hydrogen-bond donors (Lipinski definition) is 1. The number of nitrogens with one attached hydrogen (secondary N) is 1. The molecule has 3 heteroatoms. The van der Waals surface area contributed by atoms with E-state index in [-0.39, 0.29) is 5.91 Å². The molecular weight excluding hydrogens is 284 g/mol. The van der Waals surface area contributed by atoms with Crippen LogP contribution in [-0.4, -0.2) is 11.6 Å². The van der Waals surface area contributed by atoms with Crippen molar-refractivity contribution in [3.63, 3.8) is 0 Å². The summed E-state index contributed by atoms with van der Waals surface area (Å²) in [4.78, 5) is 12.1. The number of nitrogens with zero attached hydrogens (tertiary/aromatic N) is 1. The smallest absolute Gasteiger partial charge is 0.267 e. The predicted octanol–water partition coefficient (Wildman–Crippen LogP) is 4.30. The summed E-state index contributed by atoms with van der Waals surface area (Å²) in [5.41, 5.74) is 6.11. The second-order valence-electron chi connectivity index (χ2n) is 5.57. The molecule has 0 aliphatic rings. The van der Waals surface area contributed by atoms with Crippen LogP contribution in [0.2, 0.25) is 0 Å². The van der Waals surface area contributed by atoms with Crippen molar-refractivity contribution in [3.8, 4) is 0 Å². The van der Waals surface area contributed by atoms with Crippen molar-refractivity contribution in [2.75, 3.05) is 0 Å². The maximum absolute atomic E-state index is 12.1. The van der Waals surface area contributed by atoms with E-state index in [1.807, 2.05) is 44.2 Å². The average molecular weight is 302 g/mol. The van der Waals surface area contributed by atoms with Crippen LogP contribution in [-0.2, 0) is 0 Å². The Kier molecular flexibility index (Phi) is 4.20.